The highest BCUT2D eigenvalue weighted by Crippen LogP contribution is 2.33. The van der Waals surface area contributed by atoms with E-state index in [9.17, 15) is 37.1 Å². The van der Waals surface area contributed by atoms with E-state index in [1.807, 2.05) is 24.3 Å². The van der Waals surface area contributed by atoms with Gasteiger partial charge in [0.1, 0.15) is 23.1 Å². The molecule has 1 N–H and O–H groups in total. The molecule has 294 valence electrons. The number of aliphatic hydroxyl groups excluding tert-OH is 1. The van der Waals surface area contributed by atoms with Gasteiger partial charge >= 0.3 is 17.9 Å². The van der Waals surface area contributed by atoms with Gasteiger partial charge < -0.3 is 19.3 Å². The summed E-state index contributed by atoms with van der Waals surface area (Å²) in [6, 6.07) is 20.3. The van der Waals surface area contributed by atoms with Crippen LogP contribution >= 0.6 is 0 Å². The maximum Gasteiger partial charge on any atom is 0.312 e. The van der Waals surface area contributed by atoms with Crippen molar-refractivity contribution in [2.45, 2.75) is 116 Å². The number of benzene rings is 3. The number of hydrogen-bond donors (Lipinski definition) is 1. The second-order valence-electron chi connectivity index (χ2n) is 14.6. The molecule has 3 rings (SSSR count). The van der Waals surface area contributed by atoms with Crippen molar-refractivity contribution in [2.24, 2.45) is 0 Å². The van der Waals surface area contributed by atoms with Crippen LogP contribution in [0.2, 0.25) is 0 Å². The minimum Gasteiger partial charge on any atom is -0.469 e. The number of carbonyl (C=O) groups excluding carboxylic acids is 3. The van der Waals surface area contributed by atoms with Crippen LogP contribution in [0.15, 0.2) is 72.8 Å². The lowest BCUT2D eigenvalue weighted by molar-refractivity contribution is -0.142. The van der Waals surface area contributed by atoms with Gasteiger partial charge in [-0.25, -0.2) is 17.6 Å². The van der Waals surface area contributed by atoms with Crippen LogP contribution in [0.4, 0.5) is 17.6 Å². The molecule has 0 aromatic heterocycles. The van der Waals surface area contributed by atoms with E-state index in [-0.39, 0.29) is 35.3 Å². The lowest BCUT2D eigenvalue weighted by Gasteiger charge is -2.22. The number of rotatable bonds is 12. The highest BCUT2D eigenvalue weighted by molar-refractivity contribution is 5.78. The third-order valence-corrected chi connectivity index (χ3v) is 8.50. The number of alkyl halides is 4. The normalized spacial score (nSPS) is 14.4. The average Bonchev–Trinajstić information content (AvgIpc) is 3.11. The smallest absolute Gasteiger partial charge is 0.312 e. The Balaban J connectivity index is 0.000000398. The van der Waals surface area contributed by atoms with Crippen LogP contribution in [-0.2, 0) is 35.0 Å². The molecule has 0 radical (unpaired) electrons. The summed E-state index contributed by atoms with van der Waals surface area (Å²) < 4.78 is 68.2. The van der Waals surface area contributed by atoms with Crippen molar-refractivity contribution < 1.29 is 51.3 Å². The van der Waals surface area contributed by atoms with E-state index in [0.29, 0.717) is 12.0 Å². The fourth-order valence-electron chi connectivity index (χ4n) is 5.06. The second-order valence-corrected chi connectivity index (χ2v) is 14.6. The fraction of sp³-hybridized carbons (Fsp3) is 0.500. The Morgan fingerprint density at radius 3 is 1.09 bits per heavy atom. The van der Waals surface area contributed by atoms with Crippen LogP contribution in [0.5, 0.6) is 0 Å². The predicted molar refractivity (Wildman–Crippen MR) is 199 cm³/mol. The molecule has 0 aliphatic carbocycles. The van der Waals surface area contributed by atoms with E-state index in [4.69, 9.17) is 0 Å². The summed E-state index contributed by atoms with van der Waals surface area (Å²) >= 11 is 0. The minimum absolute atomic E-state index is 0.261. The molecule has 0 bridgehead atoms. The number of carbonyl (C=O) groups is 3. The molecule has 0 amide bonds. The average molecular weight is 749 g/mol. The van der Waals surface area contributed by atoms with Crippen molar-refractivity contribution >= 4 is 17.9 Å². The predicted octanol–water partition coefficient (Wildman–Crippen LogP) is 9.72. The first-order valence-electron chi connectivity index (χ1n) is 17.3. The van der Waals surface area contributed by atoms with Gasteiger partial charge in [-0.15, -0.1) is 0 Å². The number of hydrogen-bond acceptors (Lipinski definition) is 7. The van der Waals surface area contributed by atoms with Crippen LogP contribution in [0.1, 0.15) is 126 Å². The lowest BCUT2D eigenvalue weighted by Crippen LogP contribution is -2.23. The molecule has 11 heteroatoms. The molecule has 0 aliphatic heterocycles. The zero-order chi connectivity index (χ0) is 40.9. The Kier molecular flexibility index (Phi) is 17.9. The maximum atomic E-state index is 13.7. The molecule has 0 saturated carbocycles. The summed E-state index contributed by atoms with van der Waals surface area (Å²) in [5.74, 6) is -2.02. The second kappa shape index (κ2) is 20.3. The molecule has 0 saturated heterocycles. The lowest BCUT2D eigenvalue weighted by atomic mass is 9.93. The zero-order valence-corrected chi connectivity index (χ0v) is 32.9. The van der Waals surface area contributed by atoms with Crippen molar-refractivity contribution in [3.63, 3.8) is 0 Å². The molecule has 0 heterocycles. The first-order valence-corrected chi connectivity index (χ1v) is 17.3. The van der Waals surface area contributed by atoms with Gasteiger partial charge in [0.25, 0.3) is 0 Å². The van der Waals surface area contributed by atoms with E-state index in [1.54, 1.807) is 71.0 Å². The van der Waals surface area contributed by atoms with Crippen LogP contribution in [0.3, 0.4) is 0 Å². The molecule has 0 fully saturated rings. The van der Waals surface area contributed by atoms with Gasteiger partial charge in [0.2, 0.25) is 0 Å². The SMILES string of the molecule is COC(=O)C(C)c1ccc(C(F)C(C)(C)F)cc1.COC(=O)C(C)c1ccc(C(O)C(C)(C)F)cc1.COC(=O)C(C)c1ccc(CC(C)(C)F)cc1. The zero-order valence-electron chi connectivity index (χ0n) is 32.9. The van der Waals surface area contributed by atoms with Gasteiger partial charge in [-0.05, 0) is 95.7 Å². The molecule has 53 heavy (non-hydrogen) atoms. The summed E-state index contributed by atoms with van der Waals surface area (Å²) in [7, 11) is 4.03. The van der Waals surface area contributed by atoms with Crippen molar-refractivity contribution in [3.8, 4) is 0 Å². The van der Waals surface area contributed by atoms with Crippen molar-refractivity contribution in [3.05, 3.63) is 106 Å². The van der Waals surface area contributed by atoms with E-state index in [1.165, 1.54) is 61.2 Å². The van der Waals surface area contributed by atoms with E-state index >= 15 is 0 Å². The van der Waals surface area contributed by atoms with E-state index in [2.05, 4.69) is 14.2 Å². The van der Waals surface area contributed by atoms with Crippen LogP contribution in [0, 0.1) is 0 Å². The Bertz CT molecular complexity index is 1490. The summed E-state index contributed by atoms with van der Waals surface area (Å²) in [5, 5.41) is 9.78. The summed E-state index contributed by atoms with van der Waals surface area (Å²) in [6.07, 6.45) is -2.49. The van der Waals surface area contributed by atoms with E-state index < -0.39 is 35.2 Å². The number of ether oxygens (including phenoxy) is 3. The number of halogens is 4. The van der Waals surface area contributed by atoms with Gasteiger partial charge in [0.15, 0.2) is 6.17 Å². The van der Waals surface area contributed by atoms with Crippen molar-refractivity contribution in [1.29, 1.82) is 0 Å². The Hall–Kier alpha value is -4.25. The molecule has 0 aliphatic rings. The Morgan fingerprint density at radius 2 is 0.830 bits per heavy atom. The molecule has 5 atom stereocenters. The van der Waals surface area contributed by atoms with Crippen LogP contribution < -0.4 is 0 Å². The number of esters is 3. The highest BCUT2D eigenvalue weighted by Gasteiger charge is 2.31. The summed E-state index contributed by atoms with van der Waals surface area (Å²) in [5.41, 5.74) is -0.772. The van der Waals surface area contributed by atoms with Gasteiger partial charge in [0, 0.05) is 6.42 Å². The standard InChI is InChI=1S/C14H18F2O2.C14H19FO3.C14H19FO2/c1-9(13(17)18-4)10-5-7-11(8-6-10)12(15)14(2,3)16;1-9(13(17)18-4)10-5-7-11(8-6-10)12(16)14(2,3)15;1-10(13(16)17-4)12-7-5-11(6-8-12)9-14(2,3)15/h5-9,12H,1-4H3;5-9,12,16H,1-4H3;5-8,10H,9H2,1-4H3. The molecule has 0 spiro atoms. The third kappa shape index (κ3) is 15.3. The first-order chi connectivity index (χ1) is 24.4. The molecule has 3 aromatic rings. The topological polar surface area (TPSA) is 99.1 Å². The van der Waals surface area contributed by atoms with Crippen LogP contribution in [-0.4, -0.2) is 61.4 Å². The van der Waals surface area contributed by atoms with Crippen molar-refractivity contribution in [2.75, 3.05) is 21.3 Å². The quantitative estimate of drug-likeness (QED) is 0.112. The van der Waals surface area contributed by atoms with Gasteiger partial charge in [-0.2, -0.15) is 0 Å². The minimum atomic E-state index is -1.92. The largest absolute Gasteiger partial charge is 0.469 e. The molecule has 5 unspecified atom stereocenters. The maximum absolute atomic E-state index is 13.7. The molecular weight excluding hydrogens is 692 g/mol. The monoisotopic (exact) mass is 748 g/mol. The Morgan fingerprint density at radius 1 is 0.547 bits per heavy atom. The third-order valence-electron chi connectivity index (χ3n) is 8.50. The Labute approximate surface area is 312 Å². The fourth-order valence-corrected chi connectivity index (χ4v) is 5.06. The summed E-state index contributed by atoms with van der Waals surface area (Å²) in [6.45, 7) is 13.4. The van der Waals surface area contributed by atoms with Crippen molar-refractivity contribution in [1.82, 2.24) is 0 Å². The number of methoxy groups -OCH3 is 3. The molecular formula is C42H56F4O7. The van der Waals surface area contributed by atoms with Gasteiger partial charge in [0.05, 0.1) is 39.1 Å². The van der Waals surface area contributed by atoms with Gasteiger partial charge in [-0.3, -0.25) is 14.4 Å². The number of aliphatic hydroxyl groups is 1. The van der Waals surface area contributed by atoms with Crippen LogP contribution in [0.25, 0.3) is 0 Å². The molecule has 3 aromatic carbocycles. The first kappa shape index (κ1) is 46.8. The van der Waals surface area contributed by atoms with Gasteiger partial charge in [-0.1, -0.05) is 72.8 Å². The highest BCUT2D eigenvalue weighted by atomic mass is 19.2. The van der Waals surface area contributed by atoms with E-state index in [0.717, 1.165) is 22.3 Å². The summed E-state index contributed by atoms with van der Waals surface area (Å²) in [4.78, 5) is 34.0. The molecule has 7 nitrogen and oxygen atoms in total.